The van der Waals surface area contributed by atoms with Crippen molar-refractivity contribution in [2.45, 2.75) is 19.8 Å². The average Bonchev–Trinajstić information content (AvgIpc) is 2.46. The number of aromatic nitrogens is 4. The van der Waals surface area contributed by atoms with Crippen LogP contribution in [-0.2, 0) is 6.42 Å². The fourth-order valence-electron chi connectivity index (χ4n) is 1.54. The molecular weight excluding hydrogens is 278 g/mol. The van der Waals surface area contributed by atoms with Crippen molar-refractivity contribution in [3.8, 4) is 6.01 Å². The molecule has 0 bridgehead atoms. The zero-order valence-corrected chi connectivity index (χ0v) is 12.0. The first kappa shape index (κ1) is 14.5. The molecule has 2 aromatic rings. The first-order valence-corrected chi connectivity index (χ1v) is 6.83. The Labute approximate surface area is 122 Å². The van der Waals surface area contributed by atoms with E-state index in [1.54, 1.807) is 12.4 Å². The maximum Gasteiger partial charge on any atom is 0.322 e. The van der Waals surface area contributed by atoms with Crippen LogP contribution in [0.25, 0.3) is 0 Å². The van der Waals surface area contributed by atoms with Crippen LogP contribution in [0.4, 0.5) is 5.95 Å². The lowest BCUT2D eigenvalue weighted by atomic mass is 10.2. The fourth-order valence-corrected chi connectivity index (χ4v) is 1.69. The van der Waals surface area contributed by atoms with E-state index in [9.17, 15) is 0 Å². The molecule has 0 spiro atoms. The van der Waals surface area contributed by atoms with Crippen LogP contribution < -0.4 is 10.1 Å². The van der Waals surface area contributed by atoms with Gasteiger partial charge in [0.25, 0.3) is 0 Å². The monoisotopic (exact) mass is 293 g/mol. The molecule has 0 atom stereocenters. The summed E-state index contributed by atoms with van der Waals surface area (Å²) < 4.78 is 5.35. The van der Waals surface area contributed by atoms with Gasteiger partial charge in [0.1, 0.15) is 0 Å². The molecule has 0 unspecified atom stereocenters. The van der Waals surface area contributed by atoms with Crippen LogP contribution in [0.2, 0.25) is 5.28 Å². The van der Waals surface area contributed by atoms with Gasteiger partial charge in [-0.3, -0.25) is 4.98 Å². The largest absolute Gasteiger partial charge is 0.463 e. The van der Waals surface area contributed by atoms with Crippen molar-refractivity contribution in [2.24, 2.45) is 0 Å². The van der Waals surface area contributed by atoms with Crippen molar-refractivity contribution >= 4 is 17.5 Å². The Morgan fingerprint density at radius 2 is 2.00 bits per heavy atom. The van der Waals surface area contributed by atoms with Gasteiger partial charge in [0.2, 0.25) is 11.2 Å². The minimum Gasteiger partial charge on any atom is -0.463 e. The molecule has 2 aromatic heterocycles. The highest BCUT2D eigenvalue weighted by molar-refractivity contribution is 6.28. The molecule has 0 aromatic carbocycles. The molecular formula is C13H16ClN5O. The predicted octanol–water partition coefficient (Wildman–Crippen LogP) is 2.36. The number of hydrogen-bond donors (Lipinski definition) is 1. The Hall–Kier alpha value is -1.95. The molecule has 0 saturated heterocycles. The van der Waals surface area contributed by atoms with Gasteiger partial charge < -0.3 is 10.1 Å². The molecule has 1 N–H and O–H groups in total. The number of nitrogens with zero attached hydrogens (tertiary/aromatic N) is 4. The maximum atomic E-state index is 5.83. The minimum absolute atomic E-state index is 0.123. The number of rotatable bonds is 7. The standard InChI is InChI=1S/C13H16ClN5O/c1-2-9-20-13-18-11(14)17-12(19-13)16-8-5-10-3-6-15-7-4-10/h3-4,6-7H,2,5,8-9H2,1H3,(H,16,17,18,19). The summed E-state index contributed by atoms with van der Waals surface area (Å²) in [6, 6.07) is 4.19. The molecule has 7 heteroatoms. The highest BCUT2D eigenvalue weighted by atomic mass is 35.5. The van der Waals surface area contributed by atoms with Crippen molar-refractivity contribution in [2.75, 3.05) is 18.5 Å². The topological polar surface area (TPSA) is 72.8 Å². The number of ether oxygens (including phenoxy) is 1. The highest BCUT2D eigenvalue weighted by Crippen LogP contribution is 2.11. The van der Waals surface area contributed by atoms with E-state index >= 15 is 0 Å². The molecule has 0 aliphatic rings. The molecule has 6 nitrogen and oxygen atoms in total. The number of pyridine rings is 1. The van der Waals surface area contributed by atoms with Crippen molar-refractivity contribution in [3.05, 3.63) is 35.4 Å². The van der Waals surface area contributed by atoms with Crippen LogP contribution in [0.3, 0.4) is 0 Å². The molecule has 20 heavy (non-hydrogen) atoms. The van der Waals surface area contributed by atoms with Gasteiger partial charge in [-0.15, -0.1) is 0 Å². The number of hydrogen-bond acceptors (Lipinski definition) is 6. The van der Waals surface area contributed by atoms with Gasteiger partial charge in [0.05, 0.1) is 6.61 Å². The van der Waals surface area contributed by atoms with Crippen LogP contribution in [0.5, 0.6) is 6.01 Å². The number of halogens is 1. The SMILES string of the molecule is CCCOc1nc(Cl)nc(NCCc2ccncc2)n1. The molecule has 0 saturated carbocycles. The first-order valence-electron chi connectivity index (χ1n) is 6.45. The third kappa shape index (κ3) is 4.62. The summed E-state index contributed by atoms with van der Waals surface area (Å²) in [7, 11) is 0. The van der Waals surface area contributed by atoms with E-state index in [2.05, 4.69) is 25.3 Å². The van der Waals surface area contributed by atoms with Gasteiger partial charge >= 0.3 is 6.01 Å². The van der Waals surface area contributed by atoms with Gasteiger partial charge in [-0.25, -0.2) is 0 Å². The molecule has 0 aliphatic carbocycles. The molecule has 0 radical (unpaired) electrons. The van der Waals surface area contributed by atoms with E-state index in [0.29, 0.717) is 19.1 Å². The van der Waals surface area contributed by atoms with Crippen LogP contribution in [0.1, 0.15) is 18.9 Å². The summed E-state index contributed by atoms with van der Waals surface area (Å²) in [6.07, 6.45) is 5.27. The van der Waals surface area contributed by atoms with Crippen LogP contribution in [-0.4, -0.2) is 33.1 Å². The van der Waals surface area contributed by atoms with E-state index in [0.717, 1.165) is 12.8 Å². The summed E-state index contributed by atoms with van der Waals surface area (Å²) in [5, 5.41) is 3.23. The third-order valence-electron chi connectivity index (χ3n) is 2.47. The van der Waals surface area contributed by atoms with Crippen LogP contribution in [0, 0.1) is 0 Å². The molecule has 2 rings (SSSR count). The molecule has 0 amide bonds. The van der Waals surface area contributed by atoms with Gasteiger partial charge in [-0.1, -0.05) is 6.92 Å². The normalized spacial score (nSPS) is 10.3. The van der Waals surface area contributed by atoms with Crippen molar-refractivity contribution in [3.63, 3.8) is 0 Å². The zero-order chi connectivity index (χ0) is 14.2. The van der Waals surface area contributed by atoms with Gasteiger partial charge in [-0.05, 0) is 42.1 Å². The van der Waals surface area contributed by atoms with Gasteiger partial charge in [-0.2, -0.15) is 15.0 Å². The predicted molar refractivity (Wildman–Crippen MR) is 77.1 cm³/mol. The van der Waals surface area contributed by atoms with Gasteiger partial charge in [0.15, 0.2) is 0 Å². The summed E-state index contributed by atoms with van der Waals surface area (Å²) >= 11 is 5.83. The number of nitrogens with one attached hydrogen (secondary N) is 1. The fraction of sp³-hybridized carbons (Fsp3) is 0.385. The van der Waals surface area contributed by atoms with Gasteiger partial charge in [0, 0.05) is 18.9 Å². The van der Waals surface area contributed by atoms with E-state index < -0.39 is 0 Å². The lowest BCUT2D eigenvalue weighted by Crippen LogP contribution is -2.10. The van der Waals surface area contributed by atoms with Crippen LogP contribution in [0.15, 0.2) is 24.5 Å². The molecule has 2 heterocycles. The Kier molecular flexibility index (Phi) is 5.49. The highest BCUT2D eigenvalue weighted by Gasteiger charge is 2.05. The van der Waals surface area contributed by atoms with Crippen LogP contribution >= 0.6 is 11.6 Å². The van der Waals surface area contributed by atoms with E-state index in [-0.39, 0.29) is 11.3 Å². The second-order valence-corrected chi connectivity index (χ2v) is 4.43. The number of anilines is 1. The Bertz CT molecular complexity index is 538. The van der Waals surface area contributed by atoms with E-state index in [4.69, 9.17) is 16.3 Å². The summed E-state index contributed by atoms with van der Waals surface area (Å²) in [5.74, 6) is 0.421. The lowest BCUT2D eigenvalue weighted by Gasteiger charge is -2.07. The van der Waals surface area contributed by atoms with E-state index in [1.165, 1.54) is 5.56 Å². The average molecular weight is 294 g/mol. The summed E-state index contributed by atoms with van der Waals surface area (Å²) in [6.45, 7) is 3.26. The Morgan fingerprint density at radius 3 is 2.75 bits per heavy atom. The minimum atomic E-state index is 0.123. The molecule has 0 aliphatic heterocycles. The third-order valence-corrected chi connectivity index (χ3v) is 2.64. The Morgan fingerprint density at radius 1 is 1.20 bits per heavy atom. The Balaban J connectivity index is 1.90. The quantitative estimate of drug-likeness (QED) is 0.845. The second kappa shape index (κ2) is 7.59. The lowest BCUT2D eigenvalue weighted by molar-refractivity contribution is 0.291. The van der Waals surface area contributed by atoms with Crippen molar-refractivity contribution in [1.82, 2.24) is 19.9 Å². The first-order chi connectivity index (χ1) is 9.78. The molecule has 0 fully saturated rings. The summed E-state index contributed by atoms with van der Waals surface area (Å²) in [5.41, 5.74) is 1.19. The zero-order valence-electron chi connectivity index (χ0n) is 11.2. The second-order valence-electron chi connectivity index (χ2n) is 4.09. The van der Waals surface area contributed by atoms with Crippen molar-refractivity contribution < 1.29 is 4.74 Å². The summed E-state index contributed by atoms with van der Waals surface area (Å²) in [4.78, 5) is 16.0. The van der Waals surface area contributed by atoms with E-state index in [1.807, 2.05) is 19.1 Å². The smallest absolute Gasteiger partial charge is 0.322 e. The maximum absolute atomic E-state index is 5.83. The molecule has 106 valence electrons. The van der Waals surface area contributed by atoms with Crippen molar-refractivity contribution in [1.29, 1.82) is 0 Å².